The molecule has 0 spiro atoms. The fraction of sp³-hybridized carbons (Fsp3) is 0.917. The van der Waals surface area contributed by atoms with Crippen LogP contribution in [0.15, 0.2) is 0 Å². The maximum atomic E-state index is 12.9. The van der Waals surface area contributed by atoms with Gasteiger partial charge < -0.3 is 9.16 Å². The number of hydrogen-bond donors (Lipinski definition) is 1. The van der Waals surface area contributed by atoms with Crippen LogP contribution in [-0.2, 0) is 24.1 Å². The minimum atomic E-state index is -5.59. The third kappa shape index (κ3) is 6.67. The van der Waals surface area contributed by atoms with Gasteiger partial charge in [0.1, 0.15) is 0 Å². The first-order valence-corrected chi connectivity index (χ1v) is 11.4. The van der Waals surface area contributed by atoms with E-state index in [2.05, 4.69) is 4.74 Å². The Kier molecular flexibility index (Phi) is 8.10. The summed E-state index contributed by atoms with van der Waals surface area (Å²) in [6.07, 6.45) is 2.07. The Hall–Kier alpha value is -0.583. The fourth-order valence-corrected chi connectivity index (χ4v) is 4.32. The zero-order valence-electron chi connectivity index (χ0n) is 13.3. The highest BCUT2D eigenvalue weighted by atomic mass is 32.2. The molecule has 22 heavy (non-hydrogen) atoms. The van der Waals surface area contributed by atoms with E-state index < -0.39 is 36.3 Å². The lowest BCUT2D eigenvalue weighted by atomic mass is 10.1. The molecule has 0 aromatic rings. The summed E-state index contributed by atoms with van der Waals surface area (Å²) in [7, 11) is -5.95. The molecule has 0 saturated carbocycles. The molecule has 0 heterocycles. The quantitative estimate of drug-likeness (QED) is 0.365. The lowest BCUT2D eigenvalue weighted by Gasteiger charge is -2.30. The molecule has 0 bridgehead atoms. The molecule has 0 radical (unpaired) electrons. The lowest BCUT2D eigenvalue weighted by Crippen LogP contribution is -2.36. The van der Waals surface area contributed by atoms with Crippen LogP contribution in [0.25, 0.3) is 0 Å². The molecule has 0 aromatic heterocycles. The second kappa shape index (κ2) is 8.32. The van der Waals surface area contributed by atoms with Gasteiger partial charge in [-0.05, 0) is 25.1 Å². The molecule has 0 aliphatic carbocycles. The lowest BCUT2D eigenvalue weighted by molar-refractivity contribution is -0.149. The van der Waals surface area contributed by atoms with E-state index in [1.807, 2.05) is 20.0 Å². The minimum Gasteiger partial charge on any atom is -0.458 e. The summed E-state index contributed by atoms with van der Waals surface area (Å²) in [5.74, 6) is -0.926. The van der Waals surface area contributed by atoms with Crippen LogP contribution in [0.3, 0.4) is 0 Å². The third-order valence-electron chi connectivity index (χ3n) is 3.62. The van der Waals surface area contributed by atoms with Crippen molar-refractivity contribution in [3.05, 3.63) is 0 Å². The number of alkyl halides is 2. The van der Waals surface area contributed by atoms with Gasteiger partial charge >= 0.3 is 21.3 Å². The zero-order chi connectivity index (χ0) is 17.6. The highest BCUT2D eigenvalue weighted by molar-refractivity contribution is 7.86. The van der Waals surface area contributed by atoms with Crippen LogP contribution in [0.4, 0.5) is 8.78 Å². The summed E-state index contributed by atoms with van der Waals surface area (Å²) in [4.78, 5) is 11.5. The van der Waals surface area contributed by atoms with Crippen LogP contribution in [0.5, 0.6) is 0 Å². The van der Waals surface area contributed by atoms with Crippen LogP contribution in [0, 0.1) is 0 Å². The molecule has 10 heteroatoms. The number of hydrogen-bond acceptors (Lipinski definition) is 5. The van der Waals surface area contributed by atoms with E-state index >= 15 is 0 Å². The predicted octanol–water partition coefficient (Wildman–Crippen LogP) is 2.81. The van der Waals surface area contributed by atoms with E-state index in [1.54, 1.807) is 7.11 Å². The standard InChI is InChI=1S/C12H24F2O6SSi/c1-5-6-10(22(3,4)19-2)7-8-11(15)20-9-12(13,14)21(16,17)18/h10H,5-9H2,1-4H3,(H,16,17,18). The molecular formula is C12H24F2O6SSi. The summed E-state index contributed by atoms with van der Waals surface area (Å²) < 4.78 is 64.7. The van der Waals surface area contributed by atoms with Crippen molar-refractivity contribution in [2.24, 2.45) is 0 Å². The Labute approximate surface area is 131 Å². The maximum Gasteiger partial charge on any atom is 0.402 e. The van der Waals surface area contributed by atoms with E-state index in [0.29, 0.717) is 6.42 Å². The molecule has 0 saturated heterocycles. The second-order valence-electron chi connectivity index (χ2n) is 5.60. The number of carbonyl (C=O) groups excluding carboxylic acids is 1. The van der Waals surface area contributed by atoms with Crippen LogP contribution in [-0.4, -0.2) is 46.2 Å². The summed E-state index contributed by atoms with van der Waals surface area (Å²) in [5.41, 5.74) is 0.164. The van der Waals surface area contributed by atoms with Crippen molar-refractivity contribution in [3.8, 4) is 0 Å². The van der Waals surface area contributed by atoms with Crippen molar-refractivity contribution < 1.29 is 35.7 Å². The van der Waals surface area contributed by atoms with Gasteiger partial charge in [-0.1, -0.05) is 19.8 Å². The molecule has 0 aliphatic rings. The summed E-state index contributed by atoms with van der Waals surface area (Å²) in [6.45, 7) is 4.32. The molecule has 1 atom stereocenters. The van der Waals surface area contributed by atoms with Gasteiger partial charge in [-0.3, -0.25) is 9.35 Å². The molecule has 0 amide bonds. The Morgan fingerprint density at radius 3 is 2.27 bits per heavy atom. The number of rotatable bonds is 10. The average molecular weight is 362 g/mol. The van der Waals surface area contributed by atoms with Crippen LogP contribution >= 0.6 is 0 Å². The van der Waals surface area contributed by atoms with Crippen LogP contribution in [0.2, 0.25) is 18.6 Å². The third-order valence-corrected chi connectivity index (χ3v) is 8.09. The summed E-state index contributed by atoms with van der Waals surface area (Å²) in [6, 6.07) is 0. The Bertz CT molecular complexity index is 466. The molecule has 0 aromatic carbocycles. The second-order valence-corrected chi connectivity index (χ2v) is 11.6. The van der Waals surface area contributed by atoms with Gasteiger partial charge in [0.15, 0.2) is 14.9 Å². The van der Waals surface area contributed by atoms with Crippen molar-refractivity contribution in [1.29, 1.82) is 0 Å². The van der Waals surface area contributed by atoms with E-state index in [4.69, 9.17) is 8.98 Å². The number of halogens is 2. The number of esters is 1. The van der Waals surface area contributed by atoms with Gasteiger partial charge in [0, 0.05) is 13.5 Å². The van der Waals surface area contributed by atoms with Crippen molar-refractivity contribution in [2.45, 2.75) is 56.5 Å². The van der Waals surface area contributed by atoms with Gasteiger partial charge in [0.2, 0.25) is 0 Å². The van der Waals surface area contributed by atoms with Crippen LogP contribution in [0.1, 0.15) is 32.6 Å². The van der Waals surface area contributed by atoms with E-state index in [9.17, 15) is 22.0 Å². The van der Waals surface area contributed by atoms with E-state index in [-0.39, 0.29) is 12.0 Å². The van der Waals surface area contributed by atoms with Gasteiger partial charge in [0.05, 0.1) is 0 Å². The van der Waals surface area contributed by atoms with Gasteiger partial charge in [-0.2, -0.15) is 17.2 Å². The number of carbonyl (C=O) groups is 1. The number of ether oxygens (including phenoxy) is 1. The summed E-state index contributed by atoms with van der Waals surface area (Å²) >= 11 is 0. The van der Waals surface area contributed by atoms with E-state index in [1.165, 1.54) is 0 Å². The molecule has 0 fully saturated rings. The topological polar surface area (TPSA) is 89.9 Å². The largest absolute Gasteiger partial charge is 0.458 e. The van der Waals surface area contributed by atoms with Crippen molar-refractivity contribution in [2.75, 3.05) is 13.7 Å². The van der Waals surface area contributed by atoms with Crippen molar-refractivity contribution >= 4 is 24.4 Å². The normalized spacial score (nSPS) is 14.7. The molecule has 132 valence electrons. The van der Waals surface area contributed by atoms with Gasteiger partial charge in [-0.25, -0.2) is 0 Å². The Morgan fingerprint density at radius 2 is 1.86 bits per heavy atom. The first-order chi connectivity index (χ1) is 9.87. The Morgan fingerprint density at radius 1 is 1.32 bits per heavy atom. The van der Waals surface area contributed by atoms with Crippen molar-refractivity contribution in [1.82, 2.24) is 0 Å². The van der Waals surface area contributed by atoms with Crippen LogP contribution < -0.4 is 0 Å². The summed E-state index contributed by atoms with van der Waals surface area (Å²) in [5, 5.41) is -4.49. The minimum absolute atomic E-state index is 0.105. The average Bonchev–Trinajstić information content (AvgIpc) is 2.39. The molecule has 1 N–H and O–H groups in total. The zero-order valence-corrected chi connectivity index (χ0v) is 15.1. The van der Waals surface area contributed by atoms with Gasteiger partial charge in [-0.15, -0.1) is 0 Å². The highest BCUT2D eigenvalue weighted by Crippen LogP contribution is 2.32. The molecule has 0 aliphatic heterocycles. The monoisotopic (exact) mass is 362 g/mol. The Balaban J connectivity index is 4.49. The highest BCUT2D eigenvalue weighted by Gasteiger charge is 2.45. The molecular weight excluding hydrogens is 338 g/mol. The van der Waals surface area contributed by atoms with Crippen molar-refractivity contribution in [3.63, 3.8) is 0 Å². The first-order valence-electron chi connectivity index (χ1n) is 6.93. The molecule has 1 unspecified atom stereocenters. The molecule has 6 nitrogen and oxygen atoms in total. The SMILES string of the molecule is CCCC(CCC(=O)OCC(F)(F)S(=O)(=O)O)[Si](C)(C)OC. The molecule has 0 rings (SSSR count). The first kappa shape index (κ1) is 21.4. The predicted molar refractivity (Wildman–Crippen MR) is 79.8 cm³/mol. The van der Waals surface area contributed by atoms with Gasteiger partial charge in [0.25, 0.3) is 0 Å². The van der Waals surface area contributed by atoms with E-state index in [0.717, 1.165) is 12.8 Å². The fourth-order valence-electron chi connectivity index (χ4n) is 1.96. The smallest absolute Gasteiger partial charge is 0.402 e. The maximum absolute atomic E-state index is 12.9.